The van der Waals surface area contributed by atoms with Crippen LogP contribution in [0.3, 0.4) is 0 Å². The summed E-state index contributed by atoms with van der Waals surface area (Å²) in [6.45, 7) is 10.6. The molecule has 4 radical (unpaired) electrons. The predicted molar refractivity (Wildman–Crippen MR) is 514 cm³/mol. The molecule has 0 atom stereocenters. The summed E-state index contributed by atoms with van der Waals surface area (Å²) < 4.78 is 0. The third kappa shape index (κ3) is 31.8. The molecule has 642 valence electrons. The van der Waals surface area contributed by atoms with Crippen molar-refractivity contribution in [1.82, 2.24) is 39.9 Å². The van der Waals surface area contributed by atoms with Crippen molar-refractivity contribution in [2.24, 2.45) is 0 Å². The number of benzene rings is 12. The molecule has 0 N–H and O–H groups in total. The Kier molecular flexibility index (Phi) is 41.9. The van der Waals surface area contributed by atoms with Crippen LogP contribution in [-0.2, 0) is 80.4 Å². The number of hydrogen-bond acceptors (Lipinski definition) is 8. The quantitative estimate of drug-likeness (QED) is 0.111. The maximum absolute atomic E-state index is 4.55. The molecule has 0 saturated carbocycles. The minimum absolute atomic E-state index is 0. The first-order valence-electron chi connectivity index (χ1n) is 41.1. The summed E-state index contributed by atoms with van der Waals surface area (Å²) in [5.41, 5.74) is 32.0. The van der Waals surface area contributed by atoms with Crippen LogP contribution in [0.1, 0.15) is 27.8 Å². The van der Waals surface area contributed by atoms with Crippen molar-refractivity contribution in [1.29, 1.82) is 0 Å². The predicted octanol–water partition coefficient (Wildman–Crippen LogP) is 28.6. The van der Waals surface area contributed by atoms with Crippen LogP contribution in [0.5, 0.6) is 0 Å². The van der Waals surface area contributed by atoms with E-state index in [0.717, 1.165) is 90.1 Å². The van der Waals surface area contributed by atoms with Crippen LogP contribution in [-0.4, -0.2) is 39.9 Å². The van der Waals surface area contributed by atoms with Gasteiger partial charge in [0.2, 0.25) is 0 Å². The van der Waals surface area contributed by atoms with Crippen LogP contribution in [0.25, 0.3) is 135 Å². The van der Waals surface area contributed by atoms with Crippen LogP contribution < -0.4 is 0 Å². The SMILES string of the molecule is Cc1cc(-c2[c-]cccc2)ncc1-c1ccccc1.Cc1cc(C)cc(-c2ccnc(-c3[c-]cccc3)c2)c1.Cc1cc(C)cc(-c2ccnc(-c3[c-]cccc3)c2)c1.[Ir].[Ir].[Ir].[Ir].[c-]1ccccc1-c1cc(-c2ccccc2)ccn1.[c-]1ccccc1-c1ccccn1.[c-]1ccccc1-c1ccccn1.[c-]1ccccc1-c1ccccn1.[c-]1ccccc1-c1ccccn1. The van der Waals surface area contributed by atoms with E-state index in [1.807, 2.05) is 334 Å². The third-order valence-electron chi connectivity index (χ3n) is 19.2. The summed E-state index contributed by atoms with van der Waals surface area (Å²) in [7, 11) is 0. The first-order chi connectivity index (χ1) is 61.6. The Morgan fingerprint density at radius 3 is 0.628 bits per heavy atom. The second-order valence-corrected chi connectivity index (χ2v) is 28.7. The molecule has 20 aromatic rings. The fourth-order valence-corrected chi connectivity index (χ4v) is 13.3. The topological polar surface area (TPSA) is 103 Å². The van der Waals surface area contributed by atoms with E-state index in [-0.39, 0.29) is 80.4 Å². The van der Waals surface area contributed by atoms with Gasteiger partial charge in [0.15, 0.2) is 0 Å². The minimum atomic E-state index is 0. The molecule has 0 spiro atoms. The van der Waals surface area contributed by atoms with E-state index in [4.69, 9.17) is 0 Å². The average molecular weight is 2380 g/mol. The van der Waals surface area contributed by atoms with E-state index in [9.17, 15) is 0 Å². The molecule has 0 amide bonds. The molecular formula is C117H90Ir4N8-8. The second-order valence-electron chi connectivity index (χ2n) is 28.7. The molecule has 8 nitrogen and oxygen atoms in total. The number of aromatic nitrogens is 8. The van der Waals surface area contributed by atoms with E-state index in [1.54, 1.807) is 24.8 Å². The van der Waals surface area contributed by atoms with E-state index in [1.165, 1.54) is 72.3 Å². The van der Waals surface area contributed by atoms with Crippen LogP contribution in [0.2, 0.25) is 0 Å². The zero-order valence-corrected chi connectivity index (χ0v) is 81.3. The molecule has 0 aliphatic heterocycles. The minimum Gasteiger partial charge on any atom is -0.305 e. The molecule has 0 aliphatic rings. The molecule has 8 heterocycles. The molecule has 0 bridgehead atoms. The van der Waals surface area contributed by atoms with Gasteiger partial charge in [-0.25, -0.2) is 0 Å². The summed E-state index contributed by atoms with van der Waals surface area (Å²) in [6.07, 6.45) is 14.7. The zero-order valence-electron chi connectivity index (χ0n) is 71.7. The Morgan fingerprint density at radius 1 is 0.163 bits per heavy atom. The third-order valence-corrected chi connectivity index (χ3v) is 19.2. The van der Waals surface area contributed by atoms with Crippen molar-refractivity contribution in [3.63, 3.8) is 0 Å². The van der Waals surface area contributed by atoms with Gasteiger partial charge in [0.1, 0.15) is 0 Å². The molecule has 0 unspecified atom stereocenters. The van der Waals surface area contributed by atoms with Gasteiger partial charge in [-0.2, -0.15) is 0 Å². The molecule has 0 saturated heterocycles. The van der Waals surface area contributed by atoms with Crippen molar-refractivity contribution in [3.8, 4) is 135 Å². The Hall–Kier alpha value is -13.6. The number of nitrogens with zero attached hydrogens (tertiary/aromatic N) is 8. The van der Waals surface area contributed by atoms with E-state index < -0.39 is 0 Å². The Morgan fingerprint density at radius 2 is 0.388 bits per heavy atom. The zero-order chi connectivity index (χ0) is 86.1. The van der Waals surface area contributed by atoms with Crippen LogP contribution in [0.4, 0.5) is 0 Å². The molecule has 129 heavy (non-hydrogen) atoms. The first kappa shape index (κ1) is 99.2. The summed E-state index contributed by atoms with van der Waals surface area (Å²) >= 11 is 0. The molecular weight excluding hydrogens is 2290 g/mol. The van der Waals surface area contributed by atoms with Crippen molar-refractivity contribution in [2.75, 3.05) is 0 Å². The first-order valence-corrected chi connectivity index (χ1v) is 41.1. The van der Waals surface area contributed by atoms with Gasteiger partial charge < -0.3 is 39.9 Å². The maximum atomic E-state index is 4.55. The van der Waals surface area contributed by atoms with Crippen LogP contribution >= 0.6 is 0 Å². The van der Waals surface area contributed by atoms with Crippen molar-refractivity contribution < 1.29 is 80.4 Å². The van der Waals surface area contributed by atoms with E-state index in [2.05, 4.69) is 220 Å². The largest absolute Gasteiger partial charge is 0.305 e. The molecule has 0 aliphatic carbocycles. The second kappa shape index (κ2) is 54.5. The summed E-state index contributed by atoms with van der Waals surface area (Å²) in [5.74, 6) is 0. The number of pyridine rings is 8. The van der Waals surface area contributed by atoms with Gasteiger partial charge in [-0.05, 0) is 167 Å². The van der Waals surface area contributed by atoms with Gasteiger partial charge in [-0.3, -0.25) is 0 Å². The summed E-state index contributed by atoms with van der Waals surface area (Å²) in [5, 5.41) is 0. The van der Waals surface area contributed by atoms with Gasteiger partial charge in [0, 0.05) is 136 Å². The average Bonchev–Trinajstić information content (AvgIpc) is 0.812. The smallest absolute Gasteiger partial charge is 0.0242 e. The molecule has 12 heteroatoms. The van der Waals surface area contributed by atoms with Crippen LogP contribution in [0.15, 0.2) is 456 Å². The number of aryl methyl sites for hydroxylation is 5. The summed E-state index contributed by atoms with van der Waals surface area (Å²) in [6, 6.07) is 160. The Labute approximate surface area is 814 Å². The Balaban J connectivity index is 0.000000167. The monoisotopic (exact) mass is 2380 g/mol. The molecule has 20 rings (SSSR count). The van der Waals surface area contributed by atoms with Gasteiger partial charge in [0.25, 0.3) is 0 Å². The molecule has 0 fully saturated rings. The summed E-state index contributed by atoms with van der Waals surface area (Å²) in [4.78, 5) is 34.7. The van der Waals surface area contributed by atoms with Crippen molar-refractivity contribution >= 4 is 0 Å². The van der Waals surface area contributed by atoms with Crippen LogP contribution in [0, 0.1) is 83.1 Å². The van der Waals surface area contributed by atoms with Gasteiger partial charge in [-0.1, -0.05) is 192 Å². The normalized spacial score (nSPS) is 9.81. The van der Waals surface area contributed by atoms with Gasteiger partial charge in [0.05, 0.1) is 0 Å². The number of rotatable bonds is 12. The maximum Gasteiger partial charge on any atom is 0.0242 e. The number of hydrogen-bond donors (Lipinski definition) is 0. The van der Waals surface area contributed by atoms with Gasteiger partial charge in [-0.15, -0.1) is 287 Å². The molecule has 12 aromatic carbocycles. The fraction of sp³-hybridized carbons (Fsp3) is 0.0427. The van der Waals surface area contributed by atoms with Crippen molar-refractivity contribution in [2.45, 2.75) is 34.6 Å². The Bertz CT molecular complexity index is 5850. The van der Waals surface area contributed by atoms with E-state index in [0.29, 0.717) is 0 Å². The van der Waals surface area contributed by atoms with Gasteiger partial charge >= 0.3 is 0 Å². The van der Waals surface area contributed by atoms with Crippen molar-refractivity contribution in [3.05, 3.63) is 532 Å². The molecule has 8 aromatic heterocycles. The standard InChI is InChI=1S/2C19H16N.C18H14N.C17H12N.4C11H8N.4Ir/c2*1-14-10-15(2)12-18(11-14)17-8-9-20-19(13-17)16-6-4-3-5-7-16;1-14-12-18(16-10-6-3-7-11-16)19-13-17(14)15-8-4-2-5-9-15;1-3-7-14(8-4-1)16-11-12-18-17(13-16)15-9-5-2-6-10-15;4*1-2-6-10(7-3-1)11-8-4-5-9-12-11;;;;/h2*3-6,8-13H,1-2H3;2-10,12-13H,1H3;1-9,11-13H;4*1-6,8-9H;;;;/q8*-1;;;;. The fourth-order valence-electron chi connectivity index (χ4n) is 13.3. The van der Waals surface area contributed by atoms with E-state index >= 15 is 0 Å².